The number of hydrogen-bond donors (Lipinski definition) is 0. The Morgan fingerprint density at radius 3 is 2.67 bits per heavy atom. The summed E-state index contributed by atoms with van der Waals surface area (Å²) in [5, 5.41) is 1.08. The Kier molecular flexibility index (Phi) is 4.15. The highest BCUT2D eigenvalue weighted by Gasteiger charge is 2.28. The Morgan fingerprint density at radius 2 is 1.88 bits per heavy atom. The van der Waals surface area contributed by atoms with Gasteiger partial charge in [-0.15, -0.1) is 0 Å². The molecule has 5 nitrogen and oxygen atoms in total. The Balaban J connectivity index is 1.46. The van der Waals surface area contributed by atoms with Crippen LogP contribution in [0.1, 0.15) is 19.3 Å². The number of carbonyl (C=O) groups excluding carboxylic acids is 1. The van der Waals surface area contributed by atoms with Crippen molar-refractivity contribution >= 4 is 22.6 Å². The van der Waals surface area contributed by atoms with Crippen molar-refractivity contribution in [3.05, 3.63) is 42.7 Å². The van der Waals surface area contributed by atoms with E-state index in [1.54, 1.807) is 6.33 Å². The van der Waals surface area contributed by atoms with Gasteiger partial charge in [0.2, 0.25) is 5.91 Å². The Morgan fingerprint density at radius 1 is 1.04 bits per heavy atom. The van der Waals surface area contributed by atoms with E-state index >= 15 is 0 Å². The van der Waals surface area contributed by atoms with Gasteiger partial charge < -0.3 is 9.80 Å². The number of aromatic nitrogens is 2. The molecule has 24 heavy (non-hydrogen) atoms. The third-order valence-corrected chi connectivity index (χ3v) is 5.03. The first-order valence-corrected chi connectivity index (χ1v) is 8.71. The topological polar surface area (TPSA) is 49.3 Å². The molecule has 4 rings (SSSR count). The van der Waals surface area contributed by atoms with Gasteiger partial charge in [-0.1, -0.05) is 24.3 Å². The van der Waals surface area contributed by atoms with E-state index in [4.69, 9.17) is 0 Å². The largest absolute Gasteiger partial charge is 0.352 e. The van der Waals surface area contributed by atoms with Gasteiger partial charge in [0.1, 0.15) is 12.1 Å². The zero-order valence-corrected chi connectivity index (χ0v) is 13.8. The summed E-state index contributed by atoms with van der Waals surface area (Å²) in [7, 11) is 0. The standard InChI is InChI=1S/C19H22N4O/c24-19(15-6-2-1-3-7-15)23-12-10-22(11-13-23)18-16-8-4-5-9-17(16)20-14-21-18/h1-2,4-5,8-9,14-15H,3,6-7,10-13H2/t15-/m0/s1. The van der Waals surface area contributed by atoms with Crippen LogP contribution in [0.4, 0.5) is 5.82 Å². The second-order valence-electron chi connectivity index (χ2n) is 6.51. The fourth-order valence-corrected chi connectivity index (χ4v) is 3.66. The van der Waals surface area contributed by atoms with Gasteiger partial charge in [-0.2, -0.15) is 0 Å². The van der Waals surface area contributed by atoms with Gasteiger partial charge in [0.15, 0.2) is 0 Å². The smallest absolute Gasteiger partial charge is 0.226 e. The summed E-state index contributed by atoms with van der Waals surface area (Å²) in [6.07, 6.45) is 8.88. The summed E-state index contributed by atoms with van der Waals surface area (Å²) >= 11 is 0. The average Bonchev–Trinajstić information content (AvgIpc) is 2.68. The second-order valence-corrected chi connectivity index (χ2v) is 6.51. The molecule has 0 bridgehead atoms. The van der Waals surface area contributed by atoms with E-state index in [0.717, 1.165) is 62.2 Å². The van der Waals surface area contributed by atoms with Crippen molar-refractivity contribution in [2.45, 2.75) is 19.3 Å². The van der Waals surface area contributed by atoms with E-state index in [2.05, 4.69) is 33.1 Å². The molecular formula is C19H22N4O. The number of nitrogens with zero attached hydrogens (tertiary/aromatic N) is 4. The van der Waals surface area contributed by atoms with Crippen LogP contribution in [-0.2, 0) is 4.79 Å². The molecule has 0 unspecified atom stereocenters. The molecule has 1 saturated heterocycles. The summed E-state index contributed by atoms with van der Waals surface area (Å²) < 4.78 is 0. The Bertz CT molecular complexity index is 760. The van der Waals surface area contributed by atoms with E-state index in [9.17, 15) is 4.79 Å². The molecule has 2 aliphatic rings. The Labute approximate surface area is 142 Å². The molecule has 1 aromatic heterocycles. The van der Waals surface area contributed by atoms with Crippen LogP contribution >= 0.6 is 0 Å². The molecule has 1 aromatic carbocycles. The minimum atomic E-state index is 0.182. The second kappa shape index (κ2) is 6.59. The van der Waals surface area contributed by atoms with Gasteiger partial charge in [0, 0.05) is 37.5 Å². The van der Waals surface area contributed by atoms with Crippen molar-refractivity contribution in [2.75, 3.05) is 31.1 Å². The lowest BCUT2D eigenvalue weighted by Gasteiger charge is -2.37. The lowest BCUT2D eigenvalue weighted by molar-refractivity contribution is -0.136. The van der Waals surface area contributed by atoms with Crippen LogP contribution in [0.5, 0.6) is 0 Å². The van der Waals surface area contributed by atoms with Crippen LogP contribution < -0.4 is 4.90 Å². The van der Waals surface area contributed by atoms with Crippen molar-refractivity contribution < 1.29 is 4.79 Å². The first kappa shape index (κ1) is 15.1. The molecular weight excluding hydrogens is 300 g/mol. The molecule has 1 amide bonds. The molecule has 5 heteroatoms. The van der Waals surface area contributed by atoms with Gasteiger partial charge in [0.25, 0.3) is 0 Å². The first-order chi connectivity index (χ1) is 11.8. The lowest BCUT2D eigenvalue weighted by atomic mass is 9.93. The van der Waals surface area contributed by atoms with Crippen LogP contribution in [0.2, 0.25) is 0 Å². The molecule has 124 valence electrons. The van der Waals surface area contributed by atoms with Crippen molar-refractivity contribution in [1.82, 2.24) is 14.9 Å². The number of piperazine rings is 1. The number of rotatable bonds is 2. The highest BCUT2D eigenvalue weighted by molar-refractivity contribution is 5.89. The maximum Gasteiger partial charge on any atom is 0.226 e. The Hall–Kier alpha value is -2.43. The van der Waals surface area contributed by atoms with Crippen molar-refractivity contribution in [1.29, 1.82) is 0 Å². The molecule has 0 spiro atoms. The van der Waals surface area contributed by atoms with Gasteiger partial charge in [0.05, 0.1) is 5.52 Å². The quantitative estimate of drug-likeness (QED) is 0.798. The number of amides is 1. The van der Waals surface area contributed by atoms with Gasteiger partial charge >= 0.3 is 0 Å². The van der Waals surface area contributed by atoms with Crippen LogP contribution in [0.15, 0.2) is 42.7 Å². The molecule has 0 N–H and O–H groups in total. The van der Waals surface area contributed by atoms with Crippen molar-refractivity contribution in [3.63, 3.8) is 0 Å². The first-order valence-electron chi connectivity index (χ1n) is 8.71. The van der Waals surface area contributed by atoms with Crippen LogP contribution in [0, 0.1) is 5.92 Å². The normalized spacial score (nSPS) is 21.2. The number of benzene rings is 1. The van der Waals surface area contributed by atoms with E-state index in [1.165, 1.54) is 0 Å². The van der Waals surface area contributed by atoms with Crippen LogP contribution in [0.25, 0.3) is 10.9 Å². The monoisotopic (exact) mass is 322 g/mol. The van der Waals surface area contributed by atoms with E-state index < -0.39 is 0 Å². The van der Waals surface area contributed by atoms with E-state index in [-0.39, 0.29) is 5.92 Å². The summed E-state index contributed by atoms with van der Waals surface area (Å²) in [6.45, 7) is 3.21. The number of allylic oxidation sites excluding steroid dienone is 2. The molecule has 1 fully saturated rings. The average molecular weight is 322 g/mol. The predicted octanol–water partition coefficient (Wildman–Crippen LogP) is 2.63. The zero-order chi connectivity index (χ0) is 16.4. The van der Waals surface area contributed by atoms with E-state index in [0.29, 0.717) is 5.91 Å². The number of fused-ring (bicyclic) bond motifs is 1. The molecule has 2 heterocycles. The highest BCUT2D eigenvalue weighted by Crippen LogP contribution is 2.25. The summed E-state index contributed by atoms with van der Waals surface area (Å²) in [5.41, 5.74) is 0.968. The lowest BCUT2D eigenvalue weighted by Crippen LogP contribution is -2.50. The molecule has 0 saturated carbocycles. The van der Waals surface area contributed by atoms with Crippen molar-refractivity contribution in [2.24, 2.45) is 5.92 Å². The third-order valence-electron chi connectivity index (χ3n) is 5.03. The number of carbonyl (C=O) groups is 1. The van der Waals surface area contributed by atoms with Gasteiger partial charge in [-0.3, -0.25) is 4.79 Å². The SMILES string of the molecule is O=C([C@H]1CC=CCC1)N1CCN(c2ncnc3ccccc23)CC1. The fourth-order valence-electron chi connectivity index (χ4n) is 3.66. The number of para-hydroxylation sites is 1. The predicted molar refractivity (Wildman–Crippen MR) is 94.8 cm³/mol. The third kappa shape index (κ3) is 2.86. The van der Waals surface area contributed by atoms with Crippen molar-refractivity contribution in [3.8, 4) is 0 Å². The minimum Gasteiger partial charge on any atom is -0.352 e. The van der Waals surface area contributed by atoms with Crippen LogP contribution in [-0.4, -0.2) is 47.0 Å². The summed E-state index contributed by atoms with van der Waals surface area (Å²) in [4.78, 5) is 25.8. The zero-order valence-electron chi connectivity index (χ0n) is 13.8. The molecule has 2 aromatic rings. The summed E-state index contributed by atoms with van der Waals surface area (Å²) in [5.74, 6) is 1.49. The molecule has 1 aliphatic carbocycles. The minimum absolute atomic E-state index is 0.182. The molecule has 1 atom stereocenters. The molecule has 1 aliphatic heterocycles. The molecule has 0 radical (unpaired) electrons. The maximum atomic E-state index is 12.7. The maximum absolute atomic E-state index is 12.7. The number of hydrogen-bond acceptors (Lipinski definition) is 4. The number of anilines is 1. The van der Waals surface area contributed by atoms with Crippen LogP contribution in [0.3, 0.4) is 0 Å². The fraction of sp³-hybridized carbons (Fsp3) is 0.421. The highest BCUT2D eigenvalue weighted by atomic mass is 16.2. The van der Waals surface area contributed by atoms with Gasteiger partial charge in [-0.05, 0) is 31.4 Å². The van der Waals surface area contributed by atoms with E-state index in [1.807, 2.05) is 23.1 Å². The summed E-state index contributed by atoms with van der Waals surface area (Å²) in [6, 6.07) is 8.09. The van der Waals surface area contributed by atoms with Gasteiger partial charge in [-0.25, -0.2) is 9.97 Å².